The molecule has 0 saturated heterocycles. The summed E-state index contributed by atoms with van der Waals surface area (Å²) in [6.45, 7) is 3.95. The Morgan fingerprint density at radius 3 is 2.47 bits per heavy atom. The number of nitrogens with two attached hydrogens (primary N) is 1. The van der Waals surface area contributed by atoms with Gasteiger partial charge in [0.2, 0.25) is 0 Å². The highest BCUT2D eigenvalue weighted by Gasteiger charge is 2.24. The zero-order valence-corrected chi connectivity index (χ0v) is 11.0. The van der Waals surface area contributed by atoms with Crippen LogP contribution in [-0.2, 0) is 0 Å². The molecular weight excluding hydrogens is 236 g/mol. The third-order valence-corrected chi connectivity index (χ3v) is 3.15. The Balaban J connectivity index is 3.04. The van der Waals surface area contributed by atoms with Gasteiger partial charge >= 0.3 is 0 Å². The molecule has 0 aliphatic heterocycles. The van der Waals surface area contributed by atoms with Gasteiger partial charge in [0.15, 0.2) is 0 Å². The van der Waals surface area contributed by atoms with E-state index in [1.807, 2.05) is 19.9 Å². The quantitative estimate of drug-likeness (QED) is 0.896. The fourth-order valence-electron chi connectivity index (χ4n) is 1.74. The van der Waals surface area contributed by atoms with Gasteiger partial charge in [-0.15, -0.1) is 0 Å². The summed E-state index contributed by atoms with van der Waals surface area (Å²) in [5.41, 5.74) is 6.88. The molecule has 0 heterocycles. The predicted octanol–water partition coefficient (Wildman–Crippen LogP) is 3.14. The summed E-state index contributed by atoms with van der Waals surface area (Å²) in [4.78, 5) is 0. The zero-order chi connectivity index (χ0) is 13.0. The average Bonchev–Trinajstić information content (AvgIpc) is 2.28. The van der Waals surface area contributed by atoms with Crippen molar-refractivity contribution >= 4 is 11.6 Å². The summed E-state index contributed by atoms with van der Waals surface area (Å²) in [6, 6.07) is 7.20. The van der Waals surface area contributed by atoms with Crippen molar-refractivity contribution in [2.75, 3.05) is 7.11 Å². The second-order valence-corrected chi connectivity index (χ2v) is 4.72. The Bertz CT molecular complexity index is 426. The molecular formula is C13H17ClN2O. The van der Waals surface area contributed by atoms with Gasteiger partial charge in [-0.3, -0.25) is 0 Å². The molecule has 2 unspecified atom stereocenters. The fourth-order valence-corrected chi connectivity index (χ4v) is 2.04. The van der Waals surface area contributed by atoms with E-state index in [2.05, 4.69) is 6.07 Å². The van der Waals surface area contributed by atoms with Crippen LogP contribution in [0.2, 0.25) is 5.02 Å². The molecule has 0 fully saturated rings. The summed E-state index contributed by atoms with van der Waals surface area (Å²) in [5, 5.41) is 9.66. The lowest BCUT2D eigenvalue weighted by molar-refractivity contribution is 0.401. The maximum Gasteiger partial charge on any atom is 0.120 e. The Hall–Kier alpha value is -1.24. The molecule has 0 radical (unpaired) electrons. The minimum absolute atomic E-state index is 0.188. The van der Waals surface area contributed by atoms with Gasteiger partial charge < -0.3 is 10.5 Å². The molecule has 3 nitrogen and oxygen atoms in total. The SMILES string of the molecule is COc1ccc(C(N)C(C#N)C(C)C)c(Cl)c1. The van der Waals surface area contributed by atoms with E-state index in [-0.39, 0.29) is 17.9 Å². The second-order valence-electron chi connectivity index (χ2n) is 4.31. The predicted molar refractivity (Wildman–Crippen MR) is 68.9 cm³/mol. The second kappa shape index (κ2) is 5.90. The normalized spacial score (nSPS) is 14.2. The number of benzene rings is 1. The molecule has 0 aliphatic rings. The smallest absolute Gasteiger partial charge is 0.120 e. The minimum atomic E-state index is -0.376. The van der Waals surface area contributed by atoms with Crippen molar-refractivity contribution in [1.82, 2.24) is 0 Å². The summed E-state index contributed by atoms with van der Waals surface area (Å²) >= 11 is 6.14. The van der Waals surface area contributed by atoms with E-state index >= 15 is 0 Å². The highest BCUT2D eigenvalue weighted by atomic mass is 35.5. The first kappa shape index (κ1) is 13.8. The lowest BCUT2D eigenvalue weighted by Gasteiger charge is -2.22. The van der Waals surface area contributed by atoms with Gasteiger partial charge in [-0.25, -0.2) is 0 Å². The summed E-state index contributed by atoms with van der Waals surface area (Å²) in [7, 11) is 1.58. The number of hydrogen-bond donors (Lipinski definition) is 1. The molecule has 17 heavy (non-hydrogen) atoms. The first-order valence-corrected chi connectivity index (χ1v) is 5.87. The van der Waals surface area contributed by atoms with Crippen LogP contribution < -0.4 is 10.5 Å². The Morgan fingerprint density at radius 1 is 1.41 bits per heavy atom. The number of nitrogens with zero attached hydrogens (tertiary/aromatic N) is 1. The average molecular weight is 253 g/mol. The van der Waals surface area contributed by atoms with Crippen molar-refractivity contribution in [3.8, 4) is 11.8 Å². The van der Waals surface area contributed by atoms with Crippen molar-refractivity contribution in [3.05, 3.63) is 28.8 Å². The van der Waals surface area contributed by atoms with E-state index < -0.39 is 0 Å². The van der Waals surface area contributed by atoms with Gasteiger partial charge in [0.25, 0.3) is 0 Å². The van der Waals surface area contributed by atoms with Crippen molar-refractivity contribution in [3.63, 3.8) is 0 Å². The van der Waals surface area contributed by atoms with Crippen LogP contribution in [0.5, 0.6) is 5.75 Å². The molecule has 1 aromatic rings. The highest BCUT2D eigenvalue weighted by molar-refractivity contribution is 6.31. The Kier molecular flexibility index (Phi) is 4.80. The third-order valence-electron chi connectivity index (χ3n) is 2.82. The summed E-state index contributed by atoms with van der Waals surface area (Å²) < 4.78 is 5.07. The number of halogens is 1. The number of methoxy groups -OCH3 is 1. The summed E-state index contributed by atoms with van der Waals surface area (Å²) in [5.74, 6) is 0.623. The minimum Gasteiger partial charge on any atom is -0.497 e. The molecule has 0 aromatic heterocycles. The van der Waals surface area contributed by atoms with Crippen LogP contribution in [0.1, 0.15) is 25.5 Å². The fraction of sp³-hybridized carbons (Fsp3) is 0.462. The largest absolute Gasteiger partial charge is 0.497 e. The molecule has 4 heteroatoms. The molecule has 0 saturated carbocycles. The lowest BCUT2D eigenvalue weighted by atomic mass is 9.86. The molecule has 1 rings (SSSR count). The maximum absolute atomic E-state index is 9.12. The maximum atomic E-state index is 9.12. The first-order chi connectivity index (χ1) is 8.01. The van der Waals surface area contributed by atoms with Crippen LogP contribution in [0.3, 0.4) is 0 Å². The van der Waals surface area contributed by atoms with Crippen molar-refractivity contribution in [2.24, 2.45) is 17.6 Å². The van der Waals surface area contributed by atoms with E-state index in [1.54, 1.807) is 19.2 Å². The first-order valence-electron chi connectivity index (χ1n) is 5.50. The van der Waals surface area contributed by atoms with Crippen LogP contribution in [0.4, 0.5) is 0 Å². The summed E-state index contributed by atoms with van der Waals surface area (Å²) in [6.07, 6.45) is 0. The van der Waals surface area contributed by atoms with Crippen LogP contribution in [0.15, 0.2) is 18.2 Å². The van der Waals surface area contributed by atoms with Gasteiger partial charge in [-0.1, -0.05) is 31.5 Å². The molecule has 0 aliphatic carbocycles. The van der Waals surface area contributed by atoms with Crippen molar-refractivity contribution < 1.29 is 4.74 Å². The van der Waals surface area contributed by atoms with Gasteiger partial charge in [0.1, 0.15) is 5.75 Å². The number of rotatable bonds is 4. The topological polar surface area (TPSA) is 59.0 Å². The molecule has 0 bridgehead atoms. The third kappa shape index (κ3) is 3.12. The van der Waals surface area contributed by atoms with Crippen LogP contribution in [0.25, 0.3) is 0 Å². The van der Waals surface area contributed by atoms with Gasteiger partial charge in [-0.2, -0.15) is 5.26 Å². The van der Waals surface area contributed by atoms with Crippen LogP contribution in [0, 0.1) is 23.2 Å². The van der Waals surface area contributed by atoms with Gasteiger partial charge in [-0.05, 0) is 23.6 Å². The van der Waals surface area contributed by atoms with E-state index in [9.17, 15) is 0 Å². The number of nitriles is 1. The number of hydrogen-bond acceptors (Lipinski definition) is 3. The van der Waals surface area contributed by atoms with E-state index in [1.165, 1.54) is 0 Å². The molecule has 0 amide bonds. The van der Waals surface area contributed by atoms with Crippen LogP contribution >= 0.6 is 11.6 Å². The lowest BCUT2D eigenvalue weighted by Crippen LogP contribution is -2.24. The molecule has 2 N–H and O–H groups in total. The Labute approximate surface area is 107 Å². The number of ether oxygens (including phenoxy) is 1. The van der Waals surface area contributed by atoms with Crippen molar-refractivity contribution in [2.45, 2.75) is 19.9 Å². The molecule has 92 valence electrons. The van der Waals surface area contributed by atoms with Gasteiger partial charge in [0.05, 0.1) is 19.1 Å². The van der Waals surface area contributed by atoms with E-state index in [0.717, 1.165) is 5.56 Å². The zero-order valence-electron chi connectivity index (χ0n) is 10.3. The van der Waals surface area contributed by atoms with Crippen molar-refractivity contribution in [1.29, 1.82) is 5.26 Å². The molecule has 2 atom stereocenters. The van der Waals surface area contributed by atoms with Gasteiger partial charge in [0, 0.05) is 11.1 Å². The molecule has 0 spiro atoms. The van der Waals surface area contributed by atoms with E-state index in [0.29, 0.717) is 10.8 Å². The Morgan fingerprint density at radius 2 is 2.06 bits per heavy atom. The standard InChI is InChI=1S/C13H17ClN2O/c1-8(2)11(7-15)13(16)10-5-4-9(17-3)6-12(10)14/h4-6,8,11,13H,16H2,1-3H3. The molecule has 1 aromatic carbocycles. The monoisotopic (exact) mass is 252 g/mol. The highest BCUT2D eigenvalue weighted by Crippen LogP contribution is 2.32. The van der Waals surface area contributed by atoms with Crippen LogP contribution in [-0.4, -0.2) is 7.11 Å². The van der Waals surface area contributed by atoms with E-state index in [4.69, 9.17) is 27.3 Å².